The van der Waals surface area contributed by atoms with Crippen LogP contribution in [0, 0.1) is 18.8 Å². The Morgan fingerprint density at radius 1 is 1.21 bits per heavy atom. The van der Waals surface area contributed by atoms with Gasteiger partial charge < -0.3 is 4.98 Å². The van der Waals surface area contributed by atoms with E-state index in [9.17, 15) is 0 Å². The number of aromatic amines is 1. The van der Waals surface area contributed by atoms with E-state index in [0.29, 0.717) is 5.92 Å². The fraction of sp³-hybridized carbons (Fsp3) is 0.438. The Labute approximate surface area is 121 Å². The van der Waals surface area contributed by atoms with Crippen LogP contribution in [0.2, 0.25) is 0 Å². The lowest BCUT2D eigenvalue weighted by atomic mass is 10.0. The van der Waals surface area contributed by atoms with Crippen molar-refractivity contribution >= 4 is 15.9 Å². The van der Waals surface area contributed by atoms with Gasteiger partial charge in [0.25, 0.3) is 0 Å². The molecule has 0 unspecified atom stereocenters. The normalized spacial score (nSPS) is 28.4. The maximum Gasteiger partial charge on any atom is 0.109 e. The van der Waals surface area contributed by atoms with Crippen LogP contribution in [0.3, 0.4) is 0 Å². The third-order valence-corrected chi connectivity index (χ3v) is 5.57. The number of hydrogen-bond acceptors (Lipinski definition) is 1. The lowest BCUT2D eigenvalue weighted by Crippen LogP contribution is -1.98. The number of hydrogen-bond donors (Lipinski definition) is 1. The van der Waals surface area contributed by atoms with Crippen molar-refractivity contribution < 1.29 is 0 Å². The van der Waals surface area contributed by atoms with Crippen molar-refractivity contribution in [1.82, 2.24) is 9.97 Å². The quantitative estimate of drug-likeness (QED) is 0.857. The zero-order valence-electron chi connectivity index (χ0n) is 11.0. The molecule has 1 aromatic heterocycles. The minimum Gasteiger partial charge on any atom is -0.348 e. The molecule has 2 aromatic rings. The molecule has 0 radical (unpaired) electrons. The van der Waals surface area contributed by atoms with E-state index in [4.69, 9.17) is 4.98 Å². The molecule has 1 heterocycles. The predicted octanol–water partition coefficient (Wildman–Crippen LogP) is 4.66. The highest BCUT2D eigenvalue weighted by Crippen LogP contribution is 2.57. The SMILES string of the molecule is Cc1cc(-c2c[nH]c([C@H]3C[C@@H]4C[C@@H]4C3)n2)ccc1Br. The number of halogens is 1. The van der Waals surface area contributed by atoms with Gasteiger partial charge in [-0.05, 0) is 55.7 Å². The fourth-order valence-electron chi connectivity index (χ4n) is 3.44. The zero-order chi connectivity index (χ0) is 13.0. The minimum absolute atomic E-state index is 0.675. The standard InChI is InChI=1S/C16H17BrN2/c1-9-4-10(2-3-14(9)17)15-8-18-16(19-15)13-6-11-5-12(11)7-13/h2-4,8,11-13H,5-7H2,1H3,(H,18,19)/t11-,12+,13-. The molecule has 3 atom stereocenters. The van der Waals surface area contributed by atoms with Crippen LogP contribution >= 0.6 is 15.9 Å². The highest BCUT2D eigenvalue weighted by Gasteiger charge is 2.46. The maximum atomic E-state index is 4.82. The second-order valence-electron chi connectivity index (χ2n) is 6.06. The Balaban J connectivity index is 1.61. The summed E-state index contributed by atoms with van der Waals surface area (Å²) in [5.74, 6) is 3.89. The van der Waals surface area contributed by atoms with Gasteiger partial charge in [-0.1, -0.05) is 22.0 Å². The first kappa shape index (κ1) is 11.7. The number of rotatable bonds is 2. The van der Waals surface area contributed by atoms with Crippen molar-refractivity contribution in [2.75, 3.05) is 0 Å². The van der Waals surface area contributed by atoms with Crippen LogP contribution < -0.4 is 0 Å². The number of imidazole rings is 1. The molecule has 2 aliphatic carbocycles. The Bertz CT molecular complexity index is 621. The van der Waals surface area contributed by atoms with E-state index in [1.807, 2.05) is 0 Å². The molecule has 1 N–H and O–H groups in total. The summed E-state index contributed by atoms with van der Waals surface area (Å²) in [4.78, 5) is 8.22. The Morgan fingerprint density at radius 2 is 2.00 bits per heavy atom. The molecule has 2 aliphatic rings. The molecule has 0 saturated heterocycles. The van der Waals surface area contributed by atoms with Crippen LogP contribution in [0.1, 0.15) is 36.6 Å². The smallest absolute Gasteiger partial charge is 0.109 e. The number of nitrogens with zero attached hydrogens (tertiary/aromatic N) is 1. The van der Waals surface area contributed by atoms with Gasteiger partial charge >= 0.3 is 0 Å². The molecule has 2 saturated carbocycles. The lowest BCUT2D eigenvalue weighted by Gasteiger charge is -2.07. The van der Waals surface area contributed by atoms with E-state index in [1.165, 1.54) is 36.2 Å². The van der Waals surface area contributed by atoms with Crippen molar-refractivity contribution in [3.8, 4) is 11.3 Å². The summed E-state index contributed by atoms with van der Waals surface area (Å²) in [5.41, 5.74) is 3.53. The summed E-state index contributed by atoms with van der Waals surface area (Å²) in [6.45, 7) is 2.12. The average Bonchev–Trinajstić information content (AvgIpc) is 2.85. The van der Waals surface area contributed by atoms with E-state index in [1.54, 1.807) is 0 Å². The van der Waals surface area contributed by atoms with Gasteiger partial charge in [0.2, 0.25) is 0 Å². The molecule has 19 heavy (non-hydrogen) atoms. The van der Waals surface area contributed by atoms with E-state index in [2.05, 4.69) is 52.2 Å². The molecular weight excluding hydrogens is 300 g/mol. The van der Waals surface area contributed by atoms with Crippen molar-refractivity contribution in [3.63, 3.8) is 0 Å². The largest absolute Gasteiger partial charge is 0.348 e. The van der Waals surface area contributed by atoms with Crippen molar-refractivity contribution in [2.45, 2.75) is 32.1 Å². The molecule has 0 aliphatic heterocycles. The van der Waals surface area contributed by atoms with Crippen LogP contribution in [0.4, 0.5) is 0 Å². The minimum atomic E-state index is 0.675. The number of H-pyrrole nitrogens is 1. The number of benzene rings is 1. The molecule has 1 aromatic carbocycles. The average molecular weight is 317 g/mol. The van der Waals surface area contributed by atoms with E-state index in [0.717, 1.165) is 22.0 Å². The van der Waals surface area contributed by atoms with Crippen LogP contribution in [-0.4, -0.2) is 9.97 Å². The zero-order valence-corrected chi connectivity index (χ0v) is 12.6. The van der Waals surface area contributed by atoms with Gasteiger partial charge in [-0.25, -0.2) is 4.98 Å². The van der Waals surface area contributed by atoms with Crippen LogP contribution in [0.25, 0.3) is 11.3 Å². The maximum absolute atomic E-state index is 4.82. The highest BCUT2D eigenvalue weighted by molar-refractivity contribution is 9.10. The van der Waals surface area contributed by atoms with Crippen molar-refractivity contribution in [2.24, 2.45) is 11.8 Å². The van der Waals surface area contributed by atoms with Gasteiger partial charge in [0.15, 0.2) is 0 Å². The van der Waals surface area contributed by atoms with Gasteiger partial charge in [-0.3, -0.25) is 0 Å². The Hall–Kier alpha value is -1.09. The van der Waals surface area contributed by atoms with Gasteiger partial charge in [-0.2, -0.15) is 0 Å². The van der Waals surface area contributed by atoms with Crippen LogP contribution in [0.15, 0.2) is 28.9 Å². The second-order valence-corrected chi connectivity index (χ2v) is 6.91. The molecular formula is C16H17BrN2. The van der Waals surface area contributed by atoms with Crippen LogP contribution in [-0.2, 0) is 0 Å². The molecule has 4 rings (SSSR count). The summed E-state index contributed by atoms with van der Waals surface area (Å²) in [5, 5.41) is 0. The lowest BCUT2D eigenvalue weighted by molar-refractivity contribution is 0.596. The van der Waals surface area contributed by atoms with E-state index in [-0.39, 0.29) is 0 Å². The number of nitrogens with one attached hydrogen (secondary N) is 1. The molecule has 0 spiro atoms. The third-order valence-electron chi connectivity index (χ3n) is 4.68. The van der Waals surface area contributed by atoms with Gasteiger partial charge in [0.1, 0.15) is 5.82 Å². The molecule has 98 valence electrons. The molecule has 0 amide bonds. The molecule has 2 fully saturated rings. The molecule has 3 heteroatoms. The van der Waals surface area contributed by atoms with E-state index < -0.39 is 0 Å². The summed E-state index contributed by atoms with van der Waals surface area (Å²) in [6.07, 6.45) is 6.21. The topological polar surface area (TPSA) is 28.7 Å². The fourth-order valence-corrected chi connectivity index (χ4v) is 3.68. The van der Waals surface area contributed by atoms with Gasteiger partial charge in [-0.15, -0.1) is 0 Å². The van der Waals surface area contributed by atoms with E-state index >= 15 is 0 Å². The second kappa shape index (κ2) is 4.20. The summed E-state index contributed by atoms with van der Waals surface area (Å²) in [6, 6.07) is 6.42. The number of fused-ring (bicyclic) bond motifs is 1. The number of aryl methyl sites for hydroxylation is 1. The van der Waals surface area contributed by atoms with Crippen molar-refractivity contribution in [1.29, 1.82) is 0 Å². The molecule has 2 nitrogen and oxygen atoms in total. The van der Waals surface area contributed by atoms with Gasteiger partial charge in [0.05, 0.1) is 5.69 Å². The molecule has 0 bridgehead atoms. The number of aromatic nitrogens is 2. The Morgan fingerprint density at radius 3 is 2.74 bits per heavy atom. The van der Waals surface area contributed by atoms with Gasteiger partial charge in [0, 0.05) is 22.2 Å². The monoisotopic (exact) mass is 316 g/mol. The van der Waals surface area contributed by atoms with Crippen LogP contribution in [0.5, 0.6) is 0 Å². The Kier molecular flexibility index (Phi) is 2.59. The summed E-state index contributed by atoms with van der Waals surface area (Å²) in [7, 11) is 0. The summed E-state index contributed by atoms with van der Waals surface area (Å²) < 4.78 is 1.16. The first-order valence-electron chi connectivity index (χ1n) is 7.02. The highest BCUT2D eigenvalue weighted by atomic mass is 79.9. The van der Waals surface area contributed by atoms with Crippen molar-refractivity contribution in [3.05, 3.63) is 40.3 Å². The predicted molar refractivity (Wildman–Crippen MR) is 80.0 cm³/mol. The summed E-state index contributed by atoms with van der Waals surface area (Å²) >= 11 is 3.54. The first-order valence-corrected chi connectivity index (χ1v) is 7.82. The third kappa shape index (κ3) is 2.04. The first-order chi connectivity index (χ1) is 9.20.